The van der Waals surface area contributed by atoms with Crippen molar-refractivity contribution >= 4 is 16.9 Å². The number of pyridine rings is 2. The first-order valence-corrected chi connectivity index (χ1v) is 9.52. The SMILES string of the molecule is Cc1oc2ccn(Cc3cccc(F)c3)c(=O)c2c1C(=O)N[C@H](C)c1cccnc1. The molecular weight excluding hydrogens is 385 g/mol. The molecular formula is C23H20FN3O3. The van der Waals surface area contributed by atoms with Crippen molar-refractivity contribution in [2.75, 3.05) is 0 Å². The topological polar surface area (TPSA) is 77.1 Å². The summed E-state index contributed by atoms with van der Waals surface area (Å²) >= 11 is 0. The van der Waals surface area contributed by atoms with Crippen LogP contribution in [0.2, 0.25) is 0 Å². The van der Waals surface area contributed by atoms with E-state index in [2.05, 4.69) is 10.3 Å². The standard InChI is InChI=1S/C23H20FN3O3/c1-14(17-6-4-9-25-12-17)26-22(28)20-15(2)30-19-8-10-27(23(29)21(19)20)13-16-5-3-7-18(24)11-16/h3-12,14H,13H2,1-2H3,(H,26,28)/t14-/m1/s1. The summed E-state index contributed by atoms with van der Waals surface area (Å²) in [5.41, 5.74) is 1.67. The number of amides is 1. The second kappa shape index (κ2) is 7.94. The van der Waals surface area contributed by atoms with Crippen molar-refractivity contribution in [3.63, 3.8) is 0 Å². The van der Waals surface area contributed by atoms with Crippen molar-refractivity contribution in [3.8, 4) is 0 Å². The van der Waals surface area contributed by atoms with Gasteiger partial charge in [0.05, 0.1) is 23.5 Å². The van der Waals surface area contributed by atoms with Gasteiger partial charge in [-0.2, -0.15) is 0 Å². The highest BCUT2D eigenvalue weighted by Gasteiger charge is 2.23. The lowest BCUT2D eigenvalue weighted by atomic mass is 10.1. The van der Waals surface area contributed by atoms with Crippen molar-refractivity contribution in [1.82, 2.24) is 14.9 Å². The van der Waals surface area contributed by atoms with Crippen LogP contribution in [0.25, 0.3) is 11.0 Å². The van der Waals surface area contributed by atoms with Crippen molar-refractivity contribution < 1.29 is 13.6 Å². The van der Waals surface area contributed by atoms with Gasteiger partial charge in [0.15, 0.2) is 0 Å². The molecule has 0 spiro atoms. The molecule has 6 nitrogen and oxygen atoms in total. The highest BCUT2D eigenvalue weighted by Crippen LogP contribution is 2.24. The molecule has 152 valence electrons. The molecule has 4 aromatic rings. The lowest BCUT2D eigenvalue weighted by Crippen LogP contribution is -2.29. The normalized spacial score (nSPS) is 12.1. The second-order valence-corrected chi connectivity index (χ2v) is 7.13. The van der Waals surface area contributed by atoms with Gasteiger partial charge in [-0.1, -0.05) is 18.2 Å². The van der Waals surface area contributed by atoms with Gasteiger partial charge in [-0.05, 0) is 49.2 Å². The molecule has 0 aliphatic rings. The molecule has 1 N–H and O–H groups in total. The van der Waals surface area contributed by atoms with Crippen molar-refractivity contribution in [2.24, 2.45) is 0 Å². The molecule has 0 bridgehead atoms. The summed E-state index contributed by atoms with van der Waals surface area (Å²) in [7, 11) is 0. The van der Waals surface area contributed by atoms with Gasteiger partial charge >= 0.3 is 0 Å². The maximum atomic E-state index is 13.5. The summed E-state index contributed by atoms with van der Waals surface area (Å²) in [4.78, 5) is 30.2. The predicted octanol–water partition coefficient (Wildman–Crippen LogP) is 3.98. The number of nitrogens with zero attached hydrogens (tertiary/aromatic N) is 2. The van der Waals surface area contributed by atoms with E-state index in [4.69, 9.17) is 4.42 Å². The molecule has 3 heterocycles. The summed E-state index contributed by atoms with van der Waals surface area (Å²) in [6.45, 7) is 3.68. The van der Waals surface area contributed by atoms with Gasteiger partial charge in [-0.25, -0.2) is 4.39 Å². The van der Waals surface area contributed by atoms with E-state index in [1.165, 1.54) is 16.7 Å². The highest BCUT2D eigenvalue weighted by atomic mass is 19.1. The Kier molecular flexibility index (Phi) is 5.18. The van der Waals surface area contributed by atoms with Crippen LogP contribution in [0.4, 0.5) is 4.39 Å². The zero-order valence-electron chi connectivity index (χ0n) is 16.6. The first kappa shape index (κ1) is 19.6. The number of hydrogen-bond donors (Lipinski definition) is 1. The van der Waals surface area contributed by atoms with Crippen LogP contribution in [0.15, 0.2) is 70.3 Å². The summed E-state index contributed by atoms with van der Waals surface area (Å²) in [6.07, 6.45) is 4.92. The minimum atomic E-state index is -0.400. The van der Waals surface area contributed by atoms with E-state index in [1.807, 2.05) is 13.0 Å². The number of nitrogens with one attached hydrogen (secondary N) is 1. The second-order valence-electron chi connectivity index (χ2n) is 7.13. The molecule has 1 aromatic carbocycles. The Morgan fingerprint density at radius 1 is 1.27 bits per heavy atom. The maximum absolute atomic E-state index is 13.5. The molecule has 0 saturated heterocycles. The third-order valence-electron chi connectivity index (χ3n) is 4.99. The molecule has 0 unspecified atom stereocenters. The summed E-state index contributed by atoms with van der Waals surface area (Å²) < 4.78 is 20.6. The third kappa shape index (κ3) is 3.74. The van der Waals surface area contributed by atoms with Gasteiger partial charge in [0.25, 0.3) is 11.5 Å². The minimum absolute atomic E-state index is 0.184. The molecule has 4 rings (SSSR count). The maximum Gasteiger partial charge on any atom is 0.262 e. The zero-order valence-corrected chi connectivity index (χ0v) is 16.6. The average Bonchev–Trinajstić information content (AvgIpc) is 3.07. The number of halogens is 1. The molecule has 0 radical (unpaired) electrons. The molecule has 0 aliphatic heterocycles. The molecule has 0 aliphatic carbocycles. The van der Waals surface area contributed by atoms with Gasteiger partial charge in [-0.15, -0.1) is 0 Å². The molecule has 0 fully saturated rings. The molecule has 3 aromatic heterocycles. The highest BCUT2D eigenvalue weighted by molar-refractivity contribution is 6.07. The van der Waals surface area contributed by atoms with Crippen LogP contribution in [-0.4, -0.2) is 15.5 Å². The summed E-state index contributed by atoms with van der Waals surface area (Å²) in [5.74, 6) is -0.407. The molecule has 7 heteroatoms. The Hall–Kier alpha value is -3.74. The number of fused-ring (bicyclic) bond motifs is 1. The summed E-state index contributed by atoms with van der Waals surface area (Å²) in [6, 6.07) is 11.1. The van der Waals surface area contributed by atoms with Crippen molar-refractivity contribution in [2.45, 2.75) is 26.4 Å². The van der Waals surface area contributed by atoms with Gasteiger partial charge in [0, 0.05) is 18.6 Å². The lowest BCUT2D eigenvalue weighted by Gasteiger charge is -2.13. The van der Waals surface area contributed by atoms with Crippen LogP contribution >= 0.6 is 0 Å². The fourth-order valence-corrected chi connectivity index (χ4v) is 3.48. The van der Waals surface area contributed by atoms with Gasteiger partial charge in [0.1, 0.15) is 17.2 Å². The Labute approximate surface area is 172 Å². The van der Waals surface area contributed by atoms with Gasteiger partial charge in [0.2, 0.25) is 0 Å². The van der Waals surface area contributed by atoms with E-state index in [9.17, 15) is 14.0 Å². The van der Waals surface area contributed by atoms with Crippen LogP contribution in [0, 0.1) is 12.7 Å². The van der Waals surface area contributed by atoms with E-state index in [1.54, 1.807) is 49.8 Å². The van der Waals surface area contributed by atoms with Crippen LogP contribution in [0.5, 0.6) is 0 Å². The first-order valence-electron chi connectivity index (χ1n) is 9.52. The van der Waals surface area contributed by atoms with E-state index >= 15 is 0 Å². The van der Waals surface area contributed by atoms with E-state index in [0.717, 1.165) is 5.56 Å². The number of aryl methyl sites for hydroxylation is 1. The fraction of sp³-hybridized carbons (Fsp3) is 0.174. The van der Waals surface area contributed by atoms with E-state index < -0.39 is 5.91 Å². The zero-order chi connectivity index (χ0) is 21.3. The predicted molar refractivity (Wildman–Crippen MR) is 111 cm³/mol. The number of furan rings is 1. The van der Waals surface area contributed by atoms with Crippen LogP contribution < -0.4 is 10.9 Å². The lowest BCUT2D eigenvalue weighted by molar-refractivity contribution is 0.0939. The Morgan fingerprint density at radius 2 is 2.10 bits per heavy atom. The smallest absolute Gasteiger partial charge is 0.262 e. The van der Waals surface area contributed by atoms with Gasteiger partial charge < -0.3 is 14.3 Å². The largest absolute Gasteiger partial charge is 0.460 e. The monoisotopic (exact) mass is 405 g/mol. The number of benzene rings is 1. The molecule has 1 atom stereocenters. The van der Waals surface area contributed by atoms with Crippen LogP contribution in [-0.2, 0) is 6.54 Å². The Balaban J connectivity index is 1.70. The number of carbonyl (C=O) groups is 1. The fourth-order valence-electron chi connectivity index (χ4n) is 3.48. The first-order chi connectivity index (χ1) is 14.4. The average molecular weight is 405 g/mol. The van der Waals surface area contributed by atoms with E-state index in [0.29, 0.717) is 16.9 Å². The molecule has 1 amide bonds. The van der Waals surface area contributed by atoms with Gasteiger partial charge in [-0.3, -0.25) is 14.6 Å². The molecule has 30 heavy (non-hydrogen) atoms. The van der Waals surface area contributed by atoms with Crippen LogP contribution in [0.1, 0.15) is 40.2 Å². The van der Waals surface area contributed by atoms with Crippen molar-refractivity contribution in [1.29, 1.82) is 0 Å². The number of aromatic nitrogens is 2. The van der Waals surface area contributed by atoms with Crippen LogP contribution in [0.3, 0.4) is 0 Å². The number of carbonyl (C=O) groups excluding carboxylic acids is 1. The summed E-state index contributed by atoms with van der Waals surface area (Å²) in [5, 5.41) is 3.11. The third-order valence-corrected chi connectivity index (χ3v) is 4.99. The van der Waals surface area contributed by atoms with E-state index in [-0.39, 0.29) is 34.9 Å². The Bertz CT molecular complexity index is 1280. The minimum Gasteiger partial charge on any atom is -0.460 e. The molecule has 0 saturated carbocycles. The van der Waals surface area contributed by atoms with Crippen molar-refractivity contribution in [3.05, 3.63) is 99.7 Å². The number of rotatable bonds is 5. The Morgan fingerprint density at radius 3 is 2.83 bits per heavy atom. The quantitative estimate of drug-likeness (QED) is 0.545. The number of hydrogen-bond acceptors (Lipinski definition) is 4.